The third-order valence-electron chi connectivity index (χ3n) is 3.25. The van der Waals surface area contributed by atoms with Crippen molar-refractivity contribution in [3.8, 4) is 0 Å². The molecule has 114 valence electrons. The van der Waals surface area contributed by atoms with Crippen LogP contribution in [0.5, 0.6) is 0 Å². The Bertz CT molecular complexity index is 601. The zero-order valence-corrected chi connectivity index (χ0v) is 12.7. The van der Waals surface area contributed by atoms with E-state index in [0.717, 1.165) is 6.07 Å². The number of nitrogens with two attached hydrogens (primary N) is 1. The molecular weight excluding hydrogens is 288 g/mol. The van der Waals surface area contributed by atoms with Crippen LogP contribution in [0.3, 0.4) is 0 Å². The fourth-order valence-corrected chi connectivity index (χ4v) is 2.55. The second-order valence-corrected chi connectivity index (χ2v) is 7.07. The Morgan fingerprint density at radius 1 is 1.25 bits per heavy atom. The normalized spacial score (nSPS) is 12.9. The van der Waals surface area contributed by atoms with Crippen LogP contribution in [-0.2, 0) is 10.0 Å². The van der Waals surface area contributed by atoms with Crippen molar-refractivity contribution >= 4 is 15.7 Å². The van der Waals surface area contributed by atoms with E-state index in [1.807, 2.05) is 18.7 Å². The maximum absolute atomic E-state index is 13.6. The second-order valence-electron chi connectivity index (χ2n) is 5.34. The minimum Gasteiger partial charge on any atom is -0.396 e. The van der Waals surface area contributed by atoms with Crippen LogP contribution in [0.15, 0.2) is 17.0 Å². The molecule has 3 N–H and O–H groups in total. The smallest absolute Gasteiger partial charge is 0.243 e. The van der Waals surface area contributed by atoms with E-state index >= 15 is 0 Å². The van der Waals surface area contributed by atoms with Crippen LogP contribution < -0.4 is 10.5 Å². The Labute approximate surface area is 117 Å². The summed E-state index contributed by atoms with van der Waals surface area (Å²) in [4.78, 5) is 1.16. The zero-order valence-electron chi connectivity index (χ0n) is 11.9. The number of hydrogen-bond acceptors (Lipinski definition) is 4. The molecule has 0 aromatic heterocycles. The second kappa shape index (κ2) is 5.63. The van der Waals surface area contributed by atoms with Crippen molar-refractivity contribution < 1.29 is 17.2 Å². The van der Waals surface area contributed by atoms with Gasteiger partial charge in [0.2, 0.25) is 10.0 Å². The summed E-state index contributed by atoms with van der Waals surface area (Å²) in [5.74, 6) is -2.16. The van der Waals surface area contributed by atoms with Crippen LogP contribution in [0, 0.1) is 11.6 Å². The van der Waals surface area contributed by atoms with Crippen LogP contribution in [0.1, 0.15) is 13.8 Å². The van der Waals surface area contributed by atoms with Gasteiger partial charge in [0, 0.05) is 18.2 Å². The lowest BCUT2D eigenvalue weighted by molar-refractivity contribution is 0.199. The van der Waals surface area contributed by atoms with Crippen molar-refractivity contribution in [1.82, 2.24) is 9.62 Å². The van der Waals surface area contributed by atoms with E-state index in [-0.39, 0.29) is 6.54 Å². The van der Waals surface area contributed by atoms with Gasteiger partial charge >= 0.3 is 0 Å². The molecule has 1 aromatic rings. The minimum atomic E-state index is -4.10. The average molecular weight is 307 g/mol. The largest absolute Gasteiger partial charge is 0.396 e. The zero-order chi connectivity index (χ0) is 15.7. The van der Waals surface area contributed by atoms with Gasteiger partial charge in [0.05, 0.1) is 5.69 Å². The summed E-state index contributed by atoms with van der Waals surface area (Å²) >= 11 is 0. The van der Waals surface area contributed by atoms with Gasteiger partial charge in [-0.05, 0) is 34.0 Å². The van der Waals surface area contributed by atoms with E-state index in [4.69, 9.17) is 5.73 Å². The number of nitrogen functional groups attached to an aromatic ring is 1. The summed E-state index contributed by atoms with van der Waals surface area (Å²) in [5, 5.41) is 0. The van der Waals surface area contributed by atoms with Gasteiger partial charge in [-0.2, -0.15) is 0 Å². The van der Waals surface area contributed by atoms with E-state index in [0.29, 0.717) is 6.07 Å². The molecule has 1 aromatic carbocycles. The summed E-state index contributed by atoms with van der Waals surface area (Å²) in [6.07, 6.45) is 0. The summed E-state index contributed by atoms with van der Waals surface area (Å²) in [7, 11) is -0.502. The highest BCUT2D eigenvalue weighted by molar-refractivity contribution is 7.89. The highest BCUT2D eigenvalue weighted by Crippen LogP contribution is 2.21. The van der Waals surface area contributed by atoms with Gasteiger partial charge in [-0.25, -0.2) is 21.9 Å². The molecule has 0 bridgehead atoms. The molecule has 1 rings (SSSR count). The molecule has 20 heavy (non-hydrogen) atoms. The van der Waals surface area contributed by atoms with Crippen LogP contribution in [0.25, 0.3) is 0 Å². The average Bonchev–Trinajstić information content (AvgIpc) is 2.31. The van der Waals surface area contributed by atoms with E-state index in [9.17, 15) is 17.2 Å². The van der Waals surface area contributed by atoms with Crippen molar-refractivity contribution in [3.05, 3.63) is 23.8 Å². The summed E-state index contributed by atoms with van der Waals surface area (Å²) in [6.45, 7) is 3.72. The molecule has 0 aliphatic rings. The predicted molar refractivity (Wildman–Crippen MR) is 73.7 cm³/mol. The number of anilines is 1. The molecule has 0 fully saturated rings. The number of nitrogens with one attached hydrogen (secondary N) is 1. The number of benzene rings is 1. The first kappa shape index (κ1) is 16.8. The van der Waals surface area contributed by atoms with Gasteiger partial charge < -0.3 is 10.6 Å². The Balaban J connectivity index is 3.04. The van der Waals surface area contributed by atoms with Crippen LogP contribution >= 0.6 is 0 Å². The molecule has 0 spiro atoms. The topological polar surface area (TPSA) is 75.4 Å². The van der Waals surface area contributed by atoms with Gasteiger partial charge in [-0.3, -0.25) is 0 Å². The fraction of sp³-hybridized carbons (Fsp3) is 0.500. The molecular formula is C12H19F2N3O2S. The van der Waals surface area contributed by atoms with Crippen LogP contribution in [0.4, 0.5) is 14.5 Å². The highest BCUT2D eigenvalue weighted by atomic mass is 32.2. The first-order valence-corrected chi connectivity index (χ1v) is 7.37. The number of halogens is 2. The van der Waals surface area contributed by atoms with Gasteiger partial charge in [0.25, 0.3) is 0 Å². The lowest BCUT2D eigenvalue weighted by Crippen LogP contribution is -2.48. The number of nitrogens with zero attached hydrogens (tertiary/aromatic N) is 1. The Kier molecular flexibility index (Phi) is 4.73. The van der Waals surface area contributed by atoms with E-state index in [2.05, 4.69) is 4.72 Å². The minimum absolute atomic E-state index is 0.0685. The Morgan fingerprint density at radius 2 is 1.80 bits per heavy atom. The SMILES string of the molecule is CN(C)C(C)(C)CNS(=O)(=O)c1cc(N)c(F)cc1F. The third-order valence-corrected chi connectivity index (χ3v) is 4.66. The molecule has 0 amide bonds. The first-order chi connectivity index (χ1) is 8.97. The fourth-order valence-electron chi connectivity index (χ4n) is 1.26. The van der Waals surface area contributed by atoms with Gasteiger partial charge in [-0.15, -0.1) is 0 Å². The monoisotopic (exact) mass is 307 g/mol. The molecule has 0 aliphatic carbocycles. The van der Waals surface area contributed by atoms with Crippen molar-refractivity contribution in [2.75, 3.05) is 26.4 Å². The van der Waals surface area contributed by atoms with Crippen LogP contribution in [-0.4, -0.2) is 39.5 Å². The number of sulfonamides is 1. The summed E-state index contributed by atoms with van der Waals surface area (Å²) in [5.41, 5.74) is 4.39. The van der Waals surface area contributed by atoms with E-state index in [1.165, 1.54) is 0 Å². The molecule has 8 heteroatoms. The van der Waals surface area contributed by atoms with Crippen molar-refractivity contribution in [1.29, 1.82) is 0 Å². The maximum Gasteiger partial charge on any atom is 0.243 e. The van der Waals surface area contributed by atoms with Gasteiger partial charge in [0.1, 0.15) is 16.5 Å². The summed E-state index contributed by atoms with van der Waals surface area (Å²) in [6, 6.07) is 1.23. The Hall–Kier alpha value is -1.25. The number of likely N-dealkylation sites (N-methyl/N-ethyl adjacent to an activating group) is 1. The lowest BCUT2D eigenvalue weighted by Gasteiger charge is -2.32. The molecule has 0 heterocycles. The Morgan fingerprint density at radius 3 is 2.30 bits per heavy atom. The summed E-state index contributed by atoms with van der Waals surface area (Å²) < 4.78 is 53.0. The van der Waals surface area contributed by atoms with Gasteiger partial charge in [0.15, 0.2) is 0 Å². The molecule has 0 atom stereocenters. The van der Waals surface area contributed by atoms with Crippen LogP contribution in [0.2, 0.25) is 0 Å². The molecule has 0 saturated heterocycles. The maximum atomic E-state index is 13.6. The molecule has 5 nitrogen and oxygen atoms in total. The molecule has 0 unspecified atom stereocenters. The standard InChI is InChI=1S/C12H19F2N3O2S/c1-12(2,17(3)4)7-16-20(18,19)11-6-10(15)8(13)5-9(11)14/h5-6,16H,7,15H2,1-4H3. The molecule has 0 saturated carbocycles. The van der Waals surface area contributed by atoms with Crippen molar-refractivity contribution in [3.63, 3.8) is 0 Å². The number of rotatable bonds is 5. The lowest BCUT2D eigenvalue weighted by atomic mass is 10.1. The number of hydrogen-bond donors (Lipinski definition) is 2. The third kappa shape index (κ3) is 3.65. The quantitative estimate of drug-likeness (QED) is 0.801. The molecule has 0 aliphatic heterocycles. The predicted octanol–water partition coefficient (Wildman–Crippen LogP) is 1.17. The molecule has 0 radical (unpaired) electrons. The highest BCUT2D eigenvalue weighted by Gasteiger charge is 2.26. The van der Waals surface area contributed by atoms with Gasteiger partial charge in [-0.1, -0.05) is 0 Å². The van der Waals surface area contributed by atoms with Crippen molar-refractivity contribution in [2.24, 2.45) is 0 Å². The van der Waals surface area contributed by atoms with E-state index in [1.54, 1.807) is 14.1 Å². The van der Waals surface area contributed by atoms with E-state index < -0.39 is 37.8 Å². The van der Waals surface area contributed by atoms with Crippen molar-refractivity contribution in [2.45, 2.75) is 24.3 Å². The first-order valence-electron chi connectivity index (χ1n) is 5.89.